The van der Waals surface area contributed by atoms with Gasteiger partial charge in [-0.15, -0.1) is 0 Å². The van der Waals surface area contributed by atoms with E-state index in [0.717, 1.165) is 16.7 Å². The molecule has 0 aromatic heterocycles. The number of benzene rings is 3. The molecule has 7 heteroatoms. The van der Waals surface area contributed by atoms with Crippen molar-refractivity contribution in [2.24, 2.45) is 11.7 Å². The van der Waals surface area contributed by atoms with Crippen molar-refractivity contribution < 1.29 is 24.2 Å². The molecule has 4 N–H and O–H groups in total. The zero-order valence-electron chi connectivity index (χ0n) is 21.6. The number of aliphatic hydroxyl groups excluding tert-OH is 1. The highest BCUT2D eigenvalue weighted by Gasteiger charge is 2.32. The molecule has 3 aromatic rings. The number of primary amides is 1. The number of ketones is 1. The molecule has 3 rings (SSSR count). The second-order valence-electron chi connectivity index (χ2n) is 8.44. The van der Waals surface area contributed by atoms with Crippen LogP contribution in [0.2, 0.25) is 0 Å². The van der Waals surface area contributed by atoms with Crippen LogP contribution in [0.4, 0.5) is 0 Å². The van der Waals surface area contributed by atoms with Gasteiger partial charge in [0.1, 0.15) is 24.5 Å². The molecular weight excluding hydrogens is 480 g/mol. The van der Waals surface area contributed by atoms with E-state index in [1.54, 1.807) is 24.3 Å². The SMILES string of the molecule is C.CC.CC(=O)C(O)[C@@H](Cc1ccc(OCc2ccccc2)cc1)C(=O)N[C@@H](Cc1ccccc1)C(N)=O. The van der Waals surface area contributed by atoms with Crippen molar-refractivity contribution in [2.75, 3.05) is 0 Å². The molecule has 0 fully saturated rings. The summed E-state index contributed by atoms with van der Waals surface area (Å²) < 4.78 is 5.79. The fraction of sp³-hybridized carbons (Fsp3) is 0.323. The fourth-order valence-corrected chi connectivity index (χ4v) is 3.70. The Morgan fingerprint density at radius 1 is 0.816 bits per heavy atom. The molecule has 1 unspecified atom stereocenters. The molecule has 204 valence electrons. The normalized spacial score (nSPS) is 12.4. The quantitative estimate of drug-likeness (QED) is 0.330. The van der Waals surface area contributed by atoms with Crippen LogP contribution in [0.25, 0.3) is 0 Å². The standard InChI is InChI=1S/C28H30N2O5.C2H6.CH4/c1-19(31)26(32)24(28(34)30-25(27(29)33)17-20-8-4-2-5-9-20)16-21-12-14-23(15-13-21)35-18-22-10-6-3-7-11-22;1-2;/h2-15,24-26,32H,16-18H2,1H3,(H2,29,33)(H,30,34);1-2H3;1H4/t24-,25+,26?;;/m1../s1. The van der Waals surface area contributed by atoms with Crippen molar-refractivity contribution in [2.45, 2.75) is 59.8 Å². The van der Waals surface area contributed by atoms with Crippen LogP contribution in [0.3, 0.4) is 0 Å². The van der Waals surface area contributed by atoms with E-state index in [4.69, 9.17) is 10.5 Å². The number of rotatable bonds is 12. The van der Waals surface area contributed by atoms with Crippen molar-refractivity contribution >= 4 is 17.6 Å². The summed E-state index contributed by atoms with van der Waals surface area (Å²) in [6.07, 6.45) is -1.21. The molecule has 0 spiro atoms. The second-order valence-corrected chi connectivity index (χ2v) is 8.44. The molecule has 0 aliphatic carbocycles. The minimum Gasteiger partial charge on any atom is -0.489 e. The average molecular weight is 521 g/mol. The Balaban J connectivity index is 0.00000235. The lowest BCUT2D eigenvalue weighted by Gasteiger charge is -2.24. The summed E-state index contributed by atoms with van der Waals surface area (Å²) in [5, 5.41) is 13.1. The van der Waals surface area contributed by atoms with Gasteiger partial charge in [0.15, 0.2) is 5.78 Å². The monoisotopic (exact) mass is 520 g/mol. The molecule has 0 saturated carbocycles. The number of Topliss-reactive ketones (excluding diaryl/α,β-unsaturated/α-hetero) is 1. The highest BCUT2D eigenvalue weighted by atomic mass is 16.5. The lowest BCUT2D eigenvalue weighted by molar-refractivity contribution is -0.138. The molecule has 0 bridgehead atoms. The van der Waals surface area contributed by atoms with Gasteiger partial charge in [-0.1, -0.05) is 94.1 Å². The van der Waals surface area contributed by atoms with Gasteiger partial charge in [-0.3, -0.25) is 14.4 Å². The molecule has 3 atom stereocenters. The van der Waals surface area contributed by atoms with Crippen molar-refractivity contribution in [3.8, 4) is 5.75 Å². The number of carbonyl (C=O) groups excluding carboxylic acids is 3. The number of amides is 2. The Morgan fingerprint density at radius 2 is 1.32 bits per heavy atom. The number of nitrogens with one attached hydrogen (secondary N) is 1. The molecule has 7 nitrogen and oxygen atoms in total. The first-order chi connectivity index (χ1) is 17.8. The lowest BCUT2D eigenvalue weighted by atomic mass is 9.90. The third-order valence-corrected chi connectivity index (χ3v) is 5.70. The maximum atomic E-state index is 13.1. The average Bonchev–Trinajstić information content (AvgIpc) is 2.92. The summed E-state index contributed by atoms with van der Waals surface area (Å²) in [6, 6.07) is 25.0. The Hall–Kier alpha value is -3.97. The topological polar surface area (TPSA) is 119 Å². The van der Waals surface area contributed by atoms with Gasteiger partial charge in [-0.2, -0.15) is 0 Å². The van der Waals surface area contributed by atoms with Crippen molar-refractivity contribution in [1.29, 1.82) is 0 Å². The molecule has 0 heterocycles. The van der Waals surface area contributed by atoms with Gasteiger partial charge in [0.05, 0.1) is 5.92 Å². The Labute approximate surface area is 226 Å². The largest absolute Gasteiger partial charge is 0.489 e. The lowest BCUT2D eigenvalue weighted by Crippen LogP contribution is -2.51. The number of carbonyl (C=O) groups is 3. The van der Waals surface area contributed by atoms with Crippen LogP contribution in [0.15, 0.2) is 84.9 Å². The van der Waals surface area contributed by atoms with Crippen molar-refractivity contribution in [1.82, 2.24) is 5.32 Å². The Bertz CT molecular complexity index is 1120. The molecule has 3 aromatic carbocycles. The van der Waals surface area contributed by atoms with Crippen LogP contribution in [-0.2, 0) is 33.8 Å². The summed E-state index contributed by atoms with van der Waals surface area (Å²) in [4.78, 5) is 37.0. The summed E-state index contributed by atoms with van der Waals surface area (Å²) >= 11 is 0. The van der Waals surface area contributed by atoms with E-state index in [1.165, 1.54) is 6.92 Å². The minimum atomic E-state index is -1.52. The minimum absolute atomic E-state index is 0. The molecule has 0 aliphatic heterocycles. The Kier molecular flexibility index (Phi) is 14.1. The zero-order chi connectivity index (χ0) is 27.2. The predicted molar refractivity (Wildman–Crippen MR) is 150 cm³/mol. The van der Waals surface area contributed by atoms with Crippen LogP contribution in [-0.4, -0.2) is 34.8 Å². The van der Waals surface area contributed by atoms with E-state index in [-0.39, 0.29) is 20.3 Å². The fourth-order valence-electron chi connectivity index (χ4n) is 3.70. The van der Waals surface area contributed by atoms with Gasteiger partial charge >= 0.3 is 0 Å². The molecular formula is C31H40N2O5. The summed E-state index contributed by atoms with van der Waals surface area (Å²) in [5.74, 6) is -2.27. The van der Waals surface area contributed by atoms with Gasteiger partial charge in [-0.25, -0.2) is 0 Å². The smallest absolute Gasteiger partial charge is 0.240 e. The van der Waals surface area contributed by atoms with E-state index in [9.17, 15) is 19.5 Å². The molecule has 0 radical (unpaired) electrons. The number of hydrogen-bond donors (Lipinski definition) is 3. The zero-order valence-corrected chi connectivity index (χ0v) is 21.6. The summed E-state index contributed by atoms with van der Waals surface area (Å²) in [7, 11) is 0. The number of nitrogens with two attached hydrogens (primary N) is 1. The van der Waals surface area contributed by atoms with E-state index >= 15 is 0 Å². The molecule has 38 heavy (non-hydrogen) atoms. The van der Waals surface area contributed by atoms with Crippen LogP contribution in [0.1, 0.15) is 44.9 Å². The first-order valence-corrected chi connectivity index (χ1v) is 12.4. The number of hydrogen-bond acceptors (Lipinski definition) is 5. The van der Waals surface area contributed by atoms with Gasteiger partial charge in [0.25, 0.3) is 0 Å². The molecule has 0 aliphatic rings. The van der Waals surface area contributed by atoms with Crippen LogP contribution in [0.5, 0.6) is 5.75 Å². The Morgan fingerprint density at radius 3 is 1.82 bits per heavy atom. The van der Waals surface area contributed by atoms with Crippen LogP contribution in [0, 0.1) is 5.92 Å². The second kappa shape index (κ2) is 16.7. The summed E-state index contributed by atoms with van der Waals surface area (Å²) in [6.45, 7) is 5.64. The van der Waals surface area contributed by atoms with E-state index in [0.29, 0.717) is 12.4 Å². The summed E-state index contributed by atoms with van der Waals surface area (Å²) in [5.41, 5.74) is 8.11. The molecule has 2 amide bonds. The van der Waals surface area contributed by atoms with Gasteiger partial charge < -0.3 is 20.9 Å². The van der Waals surface area contributed by atoms with E-state index < -0.39 is 35.7 Å². The first-order valence-electron chi connectivity index (χ1n) is 12.4. The van der Waals surface area contributed by atoms with Crippen molar-refractivity contribution in [3.63, 3.8) is 0 Å². The third-order valence-electron chi connectivity index (χ3n) is 5.70. The van der Waals surface area contributed by atoms with E-state index in [1.807, 2.05) is 74.5 Å². The van der Waals surface area contributed by atoms with E-state index in [2.05, 4.69) is 5.32 Å². The first kappa shape index (κ1) is 32.1. The maximum Gasteiger partial charge on any atom is 0.240 e. The van der Waals surface area contributed by atoms with Crippen LogP contribution >= 0.6 is 0 Å². The number of aliphatic hydroxyl groups is 1. The van der Waals surface area contributed by atoms with Gasteiger partial charge in [-0.05, 0) is 42.2 Å². The highest BCUT2D eigenvalue weighted by molar-refractivity contribution is 5.92. The molecule has 0 saturated heterocycles. The predicted octanol–water partition coefficient (Wildman–Crippen LogP) is 4.25. The van der Waals surface area contributed by atoms with Crippen molar-refractivity contribution in [3.05, 3.63) is 102 Å². The highest BCUT2D eigenvalue weighted by Crippen LogP contribution is 2.19. The maximum absolute atomic E-state index is 13.1. The van der Waals surface area contributed by atoms with Crippen LogP contribution < -0.4 is 15.8 Å². The third kappa shape index (κ3) is 10.2. The number of ether oxygens (including phenoxy) is 1. The van der Waals surface area contributed by atoms with Gasteiger partial charge in [0, 0.05) is 6.42 Å². The van der Waals surface area contributed by atoms with Gasteiger partial charge in [0.2, 0.25) is 11.8 Å².